The van der Waals surface area contributed by atoms with Gasteiger partial charge >= 0.3 is 0 Å². The largest absolute Gasteiger partial charge is 0.489 e. The molecule has 0 fully saturated rings. The zero-order valence-electron chi connectivity index (χ0n) is 45.3. The highest BCUT2D eigenvalue weighted by molar-refractivity contribution is 6.12. The maximum Gasteiger partial charge on any atom is 0.119 e. The number of fused-ring (bicyclic) bond motifs is 2. The molecule has 0 saturated heterocycles. The number of aryl methyl sites for hydroxylation is 2. The van der Waals surface area contributed by atoms with Crippen molar-refractivity contribution >= 4 is 44.3 Å². The van der Waals surface area contributed by atoms with Gasteiger partial charge in [0.15, 0.2) is 0 Å². The number of nitrogens with zero attached hydrogens (tertiary/aromatic N) is 4. The van der Waals surface area contributed by atoms with Crippen LogP contribution in [0.4, 0.5) is 22.7 Å². The molecule has 0 N–H and O–H groups in total. The maximum absolute atomic E-state index is 6.23. The molecule has 0 aromatic heterocycles. The van der Waals surface area contributed by atoms with E-state index in [2.05, 4.69) is 172 Å². The quantitative estimate of drug-likeness (QED) is 0.0423. The number of rotatable bonds is 25. The van der Waals surface area contributed by atoms with E-state index in [-0.39, 0.29) is 0 Å². The molecule has 0 aliphatic rings. The molecule has 78 heavy (non-hydrogen) atoms. The van der Waals surface area contributed by atoms with Crippen LogP contribution in [0.3, 0.4) is 0 Å². The van der Waals surface area contributed by atoms with E-state index < -0.39 is 0 Å². The molecule has 0 aliphatic heterocycles. The molecule has 0 amide bonds. The van der Waals surface area contributed by atoms with Crippen LogP contribution in [-0.4, -0.2) is 0 Å². The van der Waals surface area contributed by atoms with Gasteiger partial charge in [-0.15, -0.1) is 10.2 Å². The number of hydrogen-bond donors (Lipinski definition) is 0. The van der Waals surface area contributed by atoms with E-state index in [1.807, 2.05) is 60.7 Å². The average molecular weight is 1020 g/mol. The second kappa shape index (κ2) is 27.0. The third-order valence-corrected chi connectivity index (χ3v) is 14.7. The summed E-state index contributed by atoms with van der Waals surface area (Å²) >= 11 is 0. The van der Waals surface area contributed by atoms with Crippen LogP contribution in [0, 0.1) is 0 Å². The number of ether oxygens (including phenoxy) is 2. The van der Waals surface area contributed by atoms with Crippen LogP contribution in [0.5, 0.6) is 11.5 Å². The highest BCUT2D eigenvalue weighted by Crippen LogP contribution is 2.46. The second-order valence-electron chi connectivity index (χ2n) is 20.4. The molecule has 10 rings (SSSR count). The van der Waals surface area contributed by atoms with E-state index in [0.717, 1.165) is 90.9 Å². The van der Waals surface area contributed by atoms with Gasteiger partial charge in [-0.3, -0.25) is 0 Å². The smallest absolute Gasteiger partial charge is 0.119 e. The van der Waals surface area contributed by atoms with Gasteiger partial charge in [0.05, 0.1) is 22.7 Å². The Labute approximate surface area is 461 Å². The van der Waals surface area contributed by atoms with Gasteiger partial charge in [0.1, 0.15) is 24.7 Å². The Morgan fingerprint density at radius 1 is 0.295 bits per heavy atom. The Morgan fingerprint density at radius 3 is 1.01 bits per heavy atom. The van der Waals surface area contributed by atoms with Crippen LogP contribution in [0.15, 0.2) is 239 Å². The topological polar surface area (TPSA) is 67.9 Å². The Hall–Kier alpha value is -8.48. The molecule has 0 saturated carbocycles. The summed E-state index contributed by atoms with van der Waals surface area (Å²) in [5.41, 5.74) is 14.7. The minimum absolute atomic E-state index is 0.467. The van der Waals surface area contributed by atoms with Gasteiger partial charge in [-0.1, -0.05) is 223 Å². The van der Waals surface area contributed by atoms with Gasteiger partial charge in [-0.2, -0.15) is 10.2 Å². The lowest BCUT2D eigenvalue weighted by molar-refractivity contribution is 0.306. The zero-order chi connectivity index (χ0) is 53.1. The van der Waals surface area contributed by atoms with Crippen LogP contribution >= 0.6 is 0 Å². The minimum Gasteiger partial charge on any atom is -0.489 e. The van der Waals surface area contributed by atoms with Crippen LogP contribution in [0.25, 0.3) is 54.9 Å². The van der Waals surface area contributed by atoms with Crippen molar-refractivity contribution in [2.75, 3.05) is 0 Å². The van der Waals surface area contributed by atoms with Gasteiger partial charge in [0, 0.05) is 11.1 Å². The second-order valence-corrected chi connectivity index (χ2v) is 20.4. The lowest BCUT2D eigenvalue weighted by Crippen LogP contribution is -1.95. The molecule has 0 unspecified atom stereocenters. The molecule has 0 atom stereocenters. The Bertz CT molecular complexity index is 3310. The number of unbranched alkanes of at least 4 members (excludes halogenated alkanes) is 8. The fourth-order valence-corrected chi connectivity index (χ4v) is 10.2. The van der Waals surface area contributed by atoms with E-state index in [1.54, 1.807) is 0 Å². The third-order valence-electron chi connectivity index (χ3n) is 14.7. The summed E-state index contributed by atoms with van der Waals surface area (Å²) in [5.74, 6) is 1.54. The van der Waals surface area contributed by atoms with Gasteiger partial charge < -0.3 is 9.47 Å². The van der Waals surface area contributed by atoms with E-state index in [1.165, 1.54) is 97.6 Å². The average Bonchev–Trinajstić information content (AvgIpc) is 3.62. The predicted octanol–water partition coefficient (Wildman–Crippen LogP) is 22.0. The molecule has 0 heterocycles. The lowest BCUT2D eigenvalue weighted by atomic mass is 9.91. The Balaban J connectivity index is 0.793. The van der Waals surface area contributed by atoms with Gasteiger partial charge in [0.25, 0.3) is 0 Å². The summed E-state index contributed by atoms with van der Waals surface area (Å²) in [6.07, 6.45) is 15.4. The predicted molar refractivity (Wildman–Crippen MR) is 325 cm³/mol. The summed E-state index contributed by atoms with van der Waals surface area (Å²) < 4.78 is 12.5. The molecule has 0 radical (unpaired) electrons. The van der Waals surface area contributed by atoms with Crippen molar-refractivity contribution < 1.29 is 9.47 Å². The van der Waals surface area contributed by atoms with Crippen LogP contribution in [-0.2, 0) is 26.1 Å². The fraction of sp³-hybridized carbons (Fsp3) is 0.222. The van der Waals surface area contributed by atoms with Crippen molar-refractivity contribution in [2.45, 2.75) is 104 Å². The van der Waals surface area contributed by atoms with Crippen molar-refractivity contribution in [3.05, 3.63) is 241 Å². The SMILES string of the molecule is CCCCCCCc1ccc(-c2ccc(COc3ccc(N=Nc4ccc5ccccc5c4-c4c(N=Nc5ccc(OCc6ccc(-c7ccc(CCCCCCC)cc7)cc6)cc5)ccc5ccccc45)cc3)cc2)cc1. The minimum atomic E-state index is 0.467. The molecule has 0 aliphatic carbocycles. The lowest BCUT2D eigenvalue weighted by Gasteiger charge is -2.15. The monoisotopic (exact) mass is 1020 g/mol. The van der Waals surface area contributed by atoms with E-state index in [4.69, 9.17) is 29.9 Å². The molecule has 10 aromatic carbocycles. The third kappa shape index (κ3) is 14.1. The highest BCUT2D eigenvalue weighted by atomic mass is 16.5. The Kier molecular flexibility index (Phi) is 18.3. The molecular weight excluding hydrogens is 953 g/mol. The fourth-order valence-electron chi connectivity index (χ4n) is 10.2. The normalized spacial score (nSPS) is 11.6. The molecular formula is C72H70N4O2. The summed E-state index contributed by atoms with van der Waals surface area (Å²) in [4.78, 5) is 0. The van der Waals surface area contributed by atoms with E-state index in [0.29, 0.717) is 13.2 Å². The molecule has 390 valence electrons. The van der Waals surface area contributed by atoms with Gasteiger partial charge in [-0.05, 0) is 152 Å². The first-order valence-corrected chi connectivity index (χ1v) is 28.3. The van der Waals surface area contributed by atoms with Crippen LogP contribution in [0.2, 0.25) is 0 Å². The van der Waals surface area contributed by atoms with E-state index in [9.17, 15) is 0 Å². The van der Waals surface area contributed by atoms with Gasteiger partial charge in [-0.25, -0.2) is 0 Å². The highest BCUT2D eigenvalue weighted by Gasteiger charge is 2.18. The molecule has 0 bridgehead atoms. The van der Waals surface area contributed by atoms with Crippen molar-refractivity contribution in [3.63, 3.8) is 0 Å². The van der Waals surface area contributed by atoms with Crippen molar-refractivity contribution in [1.82, 2.24) is 0 Å². The summed E-state index contributed by atoms with van der Waals surface area (Å²) in [6.45, 7) is 5.47. The summed E-state index contributed by atoms with van der Waals surface area (Å²) in [5, 5.41) is 23.7. The van der Waals surface area contributed by atoms with Crippen molar-refractivity contribution in [2.24, 2.45) is 20.5 Å². The van der Waals surface area contributed by atoms with E-state index >= 15 is 0 Å². The zero-order valence-corrected chi connectivity index (χ0v) is 45.3. The molecule has 6 nitrogen and oxygen atoms in total. The van der Waals surface area contributed by atoms with Crippen LogP contribution in [0.1, 0.15) is 100 Å². The van der Waals surface area contributed by atoms with Gasteiger partial charge in [0.2, 0.25) is 0 Å². The molecule has 0 spiro atoms. The van der Waals surface area contributed by atoms with Crippen molar-refractivity contribution in [3.8, 4) is 44.9 Å². The molecule has 10 aromatic rings. The first-order chi connectivity index (χ1) is 38.6. The van der Waals surface area contributed by atoms with Crippen LogP contribution < -0.4 is 9.47 Å². The molecule has 6 heteroatoms. The Morgan fingerprint density at radius 2 is 0.641 bits per heavy atom. The first kappa shape index (κ1) is 52.9. The number of azo groups is 2. The standard InChI is InChI=1S/C72H70N4O2/c1-3-5-7-9-11-17-53-23-31-57(32-24-53)59-35-27-55(28-36-59)51-77-65-45-41-63(42-46-65)73-75-69-49-39-61-19-13-15-21-67(61)71(69)72-68-22-16-14-20-62(68)40-50-70(72)76-74-64-43-47-66(48-44-64)78-52-56-29-37-60(38-30-56)58-33-25-54(26-34-58)18-12-10-8-6-4-2/h13-16,19-50H,3-12,17-18,51-52H2,1-2H3. The summed E-state index contributed by atoms with van der Waals surface area (Å²) in [7, 11) is 0. The number of hydrogen-bond acceptors (Lipinski definition) is 6. The number of benzene rings is 10. The first-order valence-electron chi connectivity index (χ1n) is 28.3. The summed E-state index contributed by atoms with van der Waals surface area (Å²) in [6, 6.07) is 76.1. The maximum atomic E-state index is 6.23. The van der Waals surface area contributed by atoms with Crippen molar-refractivity contribution in [1.29, 1.82) is 0 Å².